The van der Waals surface area contributed by atoms with Crippen molar-refractivity contribution >= 4 is 57.8 Å². The number of ether oxygens (including phenoxy) is 2. The fourth-order valence-electron chi connectivity index (χ4n) is 6.54. The van der Waals surface area contributed by atoms with Gasteiger partial charge in [0.1, 0.15) is 0 Å². The maximum atomic E-state index is 13.9. The van der Waals surface area contributed by atoms with Gasteiger partial charge in [-0.25, -0.2) is 9.59 Å². The van der Waals surface area contributed by atoms with Gasteiger partial charge in [0, 0.05) is 77.6 Å². The number of halogens is 2. The summed E-state index contributed by atoms with van der Waals surface area (Å²) in [7, 11) is 0.792. The molecule has 2 aromatic carbocycles. The van der Waals surface area contributed by atoms with Crippen LogP contribution in [-0.2, 0) is 39.5 Å². The van der Waals surface area contributed by atoms with Crippen molar-refractivity contribution < 1.29 is 32.9 Å². The van der Waals surface area contributed by atoms with E-state index in [4.69, 9.17) is 32.7 Å². The Bertz CT molecular complexity index is 1650. The molecular formula is C35H40Cl2N4O7S. The first-order valence-electron chi connectivity index (χ1n) is 16.2. The van der Waals surface area contributed by atoms with Gasteiger partial charge in [0.15, 0.2) is 0 Å². The molecule has 3 aliphatic heterocycles. The molecular weight excluding hydrogens is 691 g/mol. The molecule has 14 heteroatoms. The van der Waals surface area contributed by atoms with Crippen molar-refractivity contribution in [2.24, 2.45) is 0 Å². The van der Waals surface area contributed by atoms with Crippen LogP contribution in [0.5, 0.6) is 0 Å². The number of esters is 2. The van der Waals surface area contributed by atoms with Crippen LogP contribution in [-0.4, -0.2) is 108 Å². The third-order valence-corrected chi connectivity index (χ3v) is 11.0. The zero-order valence-corrected chi connectivity index (χ0v) is 29.9. The fraction of sp³-hybridized carbons (Fsp3) is 0.429. The second-order valence-electron chi connectivity index (χ2n) is 12.0. The molecule has 5 rings (SSSR count). The van der Waals surface area contributed by atoms with Crippen LogP contribution in [0.1, 0.15) is 37.2 Å². The van der Waals surface area contributed by atoms with E-state index in [1.54, 1.807) is 53.4 Å². The third-order valence-electron chi connectivity index (χ3n) is 9.04. The molecule has 0 bridgehead atoms. The molecule has 2 saturated heterocycles. The molecule has 0 radical (unpaired) electrons. The summed E-state index contributed by atoms with van der Waals surface area (Å²) in [5.41, 5.74) is 0.638. The summed E-state index contributed by atoms with van der Waals surface area (Å²) < 4.78 is 24.0. The van der Waals surface area contributed by atoms with E-state index in [-0.39, 0.29) is 62.1 Å². The van der Waals surface area contributed by atoms with Gasteiger partial charge < -0.3 is 24.6 Å². The number of dihydropyridines is 1. The van der Waals surface area contributed by atoms with Crippen molar-refractivity contribution in [3.63, 3.8) is 0 Å². The Morgan fingerprint density at radius 2 is 1.49 bits per heavy atom. The van der Waals surface area contributed by atoms with E-state index in [1.807, 2.05) is 4.90 Å². The molecule has 2 fully saturated rings. The van der Waals surface area contributed by atoms with Crippen LogP contribution in [0.25, 0.3) is 0 Å². The Kier molecular flexibility index (Phi) is 12.5. The minimum Gasteiger partial charge on any atom is -0.466 e. The fourth-order valence-corrected chi connectivity index (χ4v) is 8.27. The summed E-state index contributed by atoms with van der Waals surface area (Å²) in [6.45, 7) is 4.69. The first-order chi connectivity index (χ1) is 23.6. The quantitative estimate of drug-likeness (QED) is 0.324. The maximum absolute atomic E-state index is 13.9. The molecule has 0 aromatic heterocycles. The van der Waals surface area contributed by atoms with Crippen molar-refractivity contribution in [1.29, 1.82) is 0 Å². The lowest BCUT2D eigenvalue weighted by molar-refractivity contribution is -0.137. The van der Waals surface area contributed by atoms with Gasteiger partial charge >= 0.3 is 11.9 Å². The molecule has 2 unspecified atom stereocenters. The standard InChI is InChI=1S/C35H40Cl2N4O7S/c1-47-34(44)31-26(21-29(43)41-19-17-39(18-20-41)14-8-16-40-15-7-13-28(40)42)38-27(22-49(46)23-9-4-3-5-10-23)32(35(45)48-2)33(31)30-24(36)11-6-12-25(30)37/h3-6,9-12,33,38H,7-8,13-22H2,1-2H3. The van der Waals surface area contributed by atoms with Crippen molar-refractivity contribution in [1.82, 2.24) is 20.0 Å². The van der Waals surface area contributed by atoms with E-state index in [0.29, 0.717) is 37.5 Å². The lowest BCUT2D eigenvalue weighted by atomic mass is 9.79. The van der Waals surface area contributed by atoms with Crippen LogP contribution in [0.3, 0.4) is 0 Å². The highest BCUT2D eigenvalue weighted by Gasteiger charge is 2.42. The number of hydrogen-bond acceptors (Lipinski definition) is 9. The number of piperazine rings is 1. The minimum absolute atomic E-state index is 0.0115. The Morgan fingerprint density at radius 3 is 2.08 bits per heavy atom. The lowest BCUT2D eigenvalue weighted by Gasteiger charge is -2.36. The Hall–Kier alpha value is -3.71. The number of likely N-dealkylation sites (tertiary alicyclic amines) is 1. The van der Waals surface area contributed by atoms with Gasteiger partial charge in [0.2, 0.25) is 11.8 Å². The van der Waals surface area contributed by atoms with Crippen LogP contribution < -0.4 is 5.32 Å². The minimum atomic E-state index is -1.62. The lowest BCUT2D eigenvalue weighted by Crippen LogP contribution is -2.49. The first kappa shape index (κ1) is 36.6. The number of nitrogens with one attached hydrogen (secondary N) is 1. The molecule has 0 saturated carbocycles. The molecule has 3 heterocycles. The summed E-state index contributed by atoms with van der Waals surface area (Å²) in [6, 6.07) is 13.6. The molecule has 0 aliphatic carbocycles. The smallest absolute Gasteiger partial charge is 0.336 e. The van der Waals surface area contributed by atoms with E-state index in [1.165, 1.54) is 14.2 Å². The number of carbonyl (C=O) groups is 4. The van der Waals surface area contributed by atoms with Crippen LogP contribution in [0.4, 0.5) is 0 Å². The number of rotatable bonds is 12. The first-order valence-corrected chi connectivity index (χ1v) is 18.2. The number of nitrogens with zero attached hydrogens (tertiary/aromatic N) is 3. The van der Waals surface area contributed by atoms with E-state index in [2.05, 4.69) is 10.2 Å². The Morgan fingerprint density at radius 1 is 0.857 bits per heavy atom. The average Bonchev–Trinajstić information content (AvgIpc) is 3.52. The second kappa shape index (κ2) is 16.8. The Labute approximate surface area is 298 Å². The average molecular weight is 732 g/mol. The van der Waals surface area contributed by atoms with E-state index < -0.39 is 28.7 Å². The van der Waals surface area contributed by atoms with Crippen molar-refractivity contribution in [3.8, 4) is 0 Å². The van der Waals surface area contributed by atoms with Gasteiger partial charge in [-0.3, -0.25) is 18.7 Å². The number of benzene rings is 2. The van der Waals surface area contributed by atoms with Crippen LogP contribution in [0, 0.1) is 0 Å². The highest BCUT2D eigenvalue weighted by Crippen LogP contribution is 2.45. The van der Waals surface area contributed by atoms with Crippen molar-refractivity contribution in [2.75, 3.05) is 65.8 Å². The van der Waals surface area contributed by atoms with Gasteiger partial charge in [0.25, 0.3) is 0 Å². The van der Waals surface area contributed by atoms with Crippen LogP contribution in [0.2, 0.25) is 10.0 Å². The van der Waals surface area contributed by atoms with Crippen molar-refractivity contribution in [3.05, 3.63) is 86.7 Å². The van der Waals surface area contributed by atoms with Crippen LogP contribution in [0.15, 0.2) is 76.0 Å². The molecule has 2 aromatic rings. The topological polar surface area (TPSA) is 126 Å². The number of methoxy groups -OCH3 is 2. The number of hydrogen-bond donors (Lipinski definition) is 1. The van der Waals surface area contributed by atoms with Gasteiger partial charge in [-0.15, -0.1) is 0 Å². The monoisotopic (exact) mass is 730 g/mol. The zero-order valence-electron chi connectivity index (χ0n) is 27.5. The van der Waals surface area contributed by atoms with Gasteiger partial charge in [-0.1, -0.05) is 47.5 Å². The van der Waals surface area contributed by atoms with E-state index in [0.717, 1.165) is 32.5 Å². The van der Waals surface area contributed by atoms with E-state index in [9.17, 15) is 23.4 Å². The summed E-state index contributed by atoms with van der Waals surface area (Å²) in [6.07, 6.45) is 2.19. The summed E-state index contributed by atoms with van der Waals surface area (Å²) >= 11 is 13.4. The third kappa shape index (κ3) is 8.54. The van der Waals surface area contributed by atoms with Gasteiger partial charge in [-0.05, 0) is 43.7 Å². The second-order valence-corrected chi connectivity index (χ2v) is 14.3. The summed E-state index contributed by atoms with van der Waals surface area (Å²) in [4.78, 5) is 59.4. The summed E-state index contributed by atoms with van der Waals surface area (Å²) in [5, 5.41) is 3.51. The van der Waals surface area contributed by atoms with Crippen molar-refractivity contribution in [2.45, 2.75) is 36.5 Å². The van der Waals surface area contributed by atoms with Gasteiger partial charge in [-0.2, -0.15) is 0 Å². The molecule has 11 nitrogen and oxygen atoms in total. The summed E-state index contributed by atoms with van der Waals surface area (Å²) in [5.74, 6) is -2.93. The largest absolute Gasteiger partial charge is 0.466 e. The van der Waals surface area contributed by atoms with Gasteiger partial charge in [0.05, 0.1) is 54.3 Å². The highest BCUT2D eigenvalue weighted by molar-refractivity contribution is 7.85. The SMILES string of the molecule is COC(=O)C1=C(CC(=O)N2CCN(CCCN3CCCC3=O)CC2)NC(CS(=O)c2ccccc2)=C(C(=O)OC)C1c1c(Cl)cccc1Cl. The number of amides is 2. The van der Waals surface area contributed by atoms with Crippen LogP contribution >= 0.6 is 23.2 Å². The molecule has 262 valence electrons. The number of carbonyl (C=O) groups excluding carboxylic acids is 4. The molecule has 1 N–H and O–H groups in total. The molecule has 0 spiro atoms. The normalized spacial score (nSPS) is 19.2. The zero-order chi connectivity index (χ0) is 35.1. The molecule has 2 atom stereocenters. The molecule has 3 aliphatic rings. The maximum Gasteiger partial charge on any atom is 0.336 e. The van der Waals surface area contributed by atoms with E-state index >= 15 is 0 Å². The Balaban J connectivity index is 1.44. The molecule has 2 amide bonds. The highest BCUT2D eigenvalue weighted by atomic mass is 35.5. The molecule has 49 heavy (non-hydrogen) atoms. The predicted octanol–water partition coefficient (Wildman–Crippen LogP) is 3.89. The predicted molar refractivity (Wildman–Crippen MR) is 186 cm³/mol.